The van der Waals surface area contributed by atoms with Gasteiger partial charge in [0.05, 0.1) is 4.11 Å². The highest BCUT2D eigenvalue weighted by Crippen LogP contribution is 2.24. The highest BCUT2D eigenvalue weighted by atomic mass is 35.5. The van der Waals surface area contributed by atoms with Crippen molar-refractivity contribution in [3.05, 3.63) is 23.3 Å². The second kappa shape index (κ2) is 7.16. The predicted octanol–water partition coefficient (Wildman–Crippen LogP) is 3.77. The lowest BCUT2D eigenvalue weighted by Crippen LogP contribution is -2.34. The van der Waals surface area contributed by atoms with Gasteiger partial charge in [0.25, 0.3) is 0 Å². The van der Waals surface area contributed by atoms with Crippen molar-refractivity contribution < 1.29 is 17.3 Å². The van der Waals surface area contributed by atoms with Gasteiger partial charge in [0.2, 0.25) is 11.9 Å². The van der Waals surface area contributed by atoms with Crippen molar-refractivity contribution in [3.63, 3.8) is 0 Å². The molecule has 2 N–H and O–H groups in total. The summed E-state index contributed by atoms with van der Waals surface area (Å²) in [6.07, 6.45) is -4.54. The number of rotatable bonds is 5. The van der Waals surface area contributed by atoms with Gasteiger partial charge in [0, 0.05) is 6.02 Å². The van der Waals surface area contributed by atoms with E-state index in [-0.39, 0.29) is 34.7 Å². The molecule has 0 aliphatic heterocycles. The lowest BCUT2D eigenvalue weighted by Gasteiger charge is -2.18. The third-order valence-corrected chi connectivity index (χ3v) is 2.85. The van der Waals surface area contributed by atoms with Crippen LogP contribution in [0, 0.1) is 0 Å². The summed E-state index contributed by atoms with van der Waals surface area (Å²) in [5.74, 6) is -0.812. The van der Waals surface area contributed by atoms with Crippen molar-refractivity contribution in [2.45, 2.75) is 39.0 Å². The van der Waals surface area contributed by atoms with Crippen LogP contribution in [-0.2, 0) is 0 Å². The van der Waals surface area contributed by atoms with Crippen molar-refractivity contribution >= 4 is 23.5 Å². The number of anilines is 2. The zero-order chi connectivity index (χ0) is 20.6. The van der Waals surface area contributed by atoms with Crippen LogP contribution in [0.2, 0.25) is 5.15 Å². The van der Waals surface area contributed by atoms with E-state index in [1.54, 1.807) is 0 Å². The zero-order valence-corrected chi connectivity index (χ0v) is 13.7. The molecule has 0 saturated heterocycles. The Morgan fingerprint density at radius 3 is 2.29 bits per heavy atom. The number of hydrogen-bond donors (Lipinski definition) is 2. The molecule has 0 aliphatic rings. The third-order valence-electron chi connectivity index (χ3n) is 2.66. The lowest BCUT2D eigenvalue weighted by atomic mass is 10.3. The van der Waals surface area contributed by atoms with Crippen molar-refractivity contribution in [2.75, 3.05) is 10.6 Å². The first-order chi connectivity index (χ1) is 12.3. The summed E-state index contributed by atoms with van der Waals surface area (Å²) in [5.41, 5.74) is -0.132. The maximum atomic E-state index is 12.8. The largest absolute Gasteiger partial charge is 0.408 e. The van der Waals surface area contributed by atoms with Crippen LogP contribution in [0.3, 0.4) is 0 Å². The summed E-state index contributed by atoms with van der Waals surface area (Å²) in [6.45, 7) is 3.87. The van der Waals surface area contributed by atoms with E-state index < -0.39 is 24.2 Å². The van der Waals surface area contributed by atoms with Crippen LogP contribution in [0.1, 0.15) is 24.9 Å². The summed E-state index contributed by atoms with van der Waals surface area (Å²) in [5, 5.41) is 4.52. The summed E-state index contributed by atoms with van der Waals surface area (Å²) in [6, 6.07) is -2.49. The van der Waals surface area contributed by atoms with Gasteiger partial charge in [-0.15, -0.1) is 0 Å². The van der Waals surface area contributed by atoms with E-state index in [4.69, 9.17) is 15.7 Å². The maximum Gasteiger partial charge on any atom is 0.408 e. The Kier molecular flexibility index (Phi) is 4.24. The summed E-state index contributed by atoms with van der Waals surface area (Å²) >= 11 is 5.80. The second-order valence-corrected chi connectivity index (χ2v) is 5.38. The fraction of sp³-hybridized carbons (Fsp3) is 0.429. The number of hydrogen-bond acceptors (Lipinski definition) is 6. The van der Waals surface area contributed by atoms with Gasteiger partial charge in [-0.25, -0.2) is 4.98 Å². The average molecular weight is 364 g/mol. The molecule has 0 aromatic carbocycles. The second-order valence-electron chi connectivity index (χ2n) is 5.02. The van der Waals surface area contributed by atoms with E-state index in [9.17, 15) is 13.2 Å². The van der Waals surface area contributed by atoms with Crippen LogP contribution in [-0.4, -0.2) is 38.2 Å². The fourth-order valence-corrected chi connectivity index (χ4v) is 1.68. The average Bonchev–Trinajstić information content (AvgIpc) is 2.47. The number of pyridine rings is 1. The van der Waals surface area contributed by atoms with Crippen molar-refractivity contribution in [1.29, 1.82) is 0 Å². The van der Waals surface area contributed by atoms with Crippen LogP contribution >= 0.6 is 11.6 Å². The lowest BCUT2D eigenvalue weighted by molar-refractivity contribution is -0.138. The van der Waals surface area contributed by atoms with E-state index in [0.29, 0.717) is 0 Å². The van der Waals surface area contributed by atoms with E-state index >= 15 is 0 Å². The third kappa shape index (κ3) is 4.92. The minimum absolute atomic E-state index is 0.132. The first-order valence-electron chi connectivity index (χ1n) is 8.28. The van der Waals surface area contributed by atoms with Crippen LogP contribution < -0.4 is 10.6 Å². The highest BCUT2D eigenvalue weighted by Gasteiger charge is 2.36. The highest BCUT2D eigenvalue weighted by molar-refractivity contribution is 6.29. The monoisotopic (exact) mass is 363 g/mol. The number of aromatic nitrogens is 4. The molecule has 0 radical (unpaired) electrons. The Bertz CT molecular complexity index is 844. The predicted molar refractivity (Wildman–Crippen MR) is 86.0 cm³/mol. The molecule has 2 aromatic rings. The number of nitrogens with zero attached hydrogens (tertiary/aromatic N) is 4. The molecule has 0 spiro atoms. The molecule has 2 aromatic heterocycles. The maximum absolute atomic E-state index is 12.8. The van der Waals surface area contributed by atoms with Gasteiger partial charge in [-0.2, -0.15) is 28.1 Å². The van der Waals surface area contributed by atoms with Gasteiger partial charge in [-0.1, -0.05) is 17.7 Å². The topological polar surface area (TPSA) is 75.6 Å². The van der Waals surface area contributed by atoms with Crippen LogP contribution in [0.15, 0.2) is 18.2 Å². The molecule has 2 heterocycles. The van der Waals surface area contributed by atoms with Gasteiger partial charge < -0.3 is 10.6 Å². The Labute approximate surface area is 146 Å². The molecule has 6 nitrogen and oxygen atoms in total. The Hall–Kier alpha value is -2.16. The molecular weight excluding hydrogens is 345 g/mol. The molecule has 0 fully saturated rings. The molecule has 130 valence electrons. The van der Waals surface area contributed by atoms with E-state index in [1.807, 2.05) is 0 Å². The van der Waals surface area contributed by atoms with Crippen LogP contribution in [0.5, 0.6) is 0 Å². The van der Waals surface area contributed by atoms with Gasteiger partial charge in [0.1, 0.15) is 16.9 Å². The minimum atomic E-state index is -4.54. The van der Waals surface area contributed by atoms with Gasteiger partial charge >= 0.3 is 6.18 Å². The fourth-order valence-electron chi connectivity index (χ4n) is 1.54. The quantitative estimate of drug-likeness (QED) is 0.787. The SMILES string of the molecule is [2H]c1cc([2H])c(-c2nc(N[C@H](C)C(F)(F)F)nc(NC([2H])(C)C)n2)nc1Cl. The van der Waals surface area contributed by atoms with Gasteiger partial charge in [-0.3, -0.25) is 0 Å². The number of alkyl halides is 3. The first-order valence-corrected chi connectivity index (χ1v) is 7.15. The standard InChI is InChI=1S/C14H16ClF3N6/c1-7(2)19-12-22-11(9-5-4-6-10(15)21-9)23-13(24-12)20-8(3)14(16,17)18/h4-8H,1-3H3,(H2,19,20,22,23,24)/t8-/m1/s1/i5D,6D,7D. The van der Waals surface area contributed by atoms with Crippen molar-refractivity contribution in [2.24, 2.45) is 0 Å². The Balaban J connectivity index is 2.55. The van der Waals surface area contributed by atoms with E-state index in [1.165, 1.54) is 13.8 Å². The molecule has 2 rings (SSSR count). The molecule has 0 bridgehead atoms. The Morgan fingerprint density at radius 1 is 1.08 bits per heavy atom. The summed E-state index contributed by atoms with van der Waals surface area (Å²) in [7, 11) is 0. The smallest absolute Gasteiger partial charge is 0.352 e. The number of halogens is 4. The molecular formula is C14H16ClF3N6. The molecule has 0 unspecified atom stereocenters. The number of nitrogens with one attached hydrogen (secondary N) is 2. The van der Waals surface area contributed by atoms with Crippen molar-refractivity contribution in [1.82, 2.24) is 19.9 Å². The first kappa shape index (κ1) is 14.2. The van der Waals surface area contributed by atoms with Crippen LogP contribution in [0.25, 0.3) is 11.5 Å². The van der Waals surface area contributed by atoms with E-state index in [0.717, 1.165) is 13.0 Å². The van der Waals surface area contributed by atoms with Crippen LogP contribution in [0.4, 0.5) is 25.1 Å². The molecule has 0 saturated carbocycles. The molecule has 1 atom stereocenters. The molecule has 0 amide bonds. The van der Waals surface area contributed by atoms with Gasteiger partial charge in [0.15, 0.2) is 5.82 Å². The Morgan fingerprint density at radius 2 is 1.71 bits per heavy atom. The van der Waals surface area contributed by atoms with Gasteiger partial charge in [-0.05, 0) is 32.9 Å². The molecule has 24 heavy (non-hydrogen) atoms. The zero-order valence-electron chi connectivity index (χ0n) is 16.0. The normalized spacial score (nSPS) is 15.2. The molecule has 10 heteroatoms. The summed E-state index contributed by atoms with van der Waals surface area (Å²) < 4.78 is 61.8. The van der Waals surface area contributed by atoms with E-state index in [2.05, 4.69) is 30.6 Å². The summed E-state index contributed by atoms with van der Waals surface area (Å²) in [4.78, 5) is 15.6. The van der Waals surface area contributed by atoms with Crippen molar-refractivity contribution in [3.8, 4) is 11.5 Å². The minimum Gasteiger partial charge on any atom is -0.352 e. The molecule has 0 aliphatic carbocycles.